The van der Waals surface area contributed by atoms with E-state index in [0.29, 0.717) is 0 Å². The molecule has 0 radical (unpaired) electrons. The summed E-state index contributed by atoms with van der Waals surface area (Å²) in [6, 6.07) is 1.65. The third-order valence-corrected chi connectivity index (χ3v) is 12.1. The lowest BCUT2D eigenvalue weighted by Gasteiger charge is -2.28. The average molecular weight is 496 g/mol. The number of H-pyrrole nitrogens is 2. The second kappa shape index (κ2) is 20.3. The number of rotatable bonds is 23. The summed E-state index contributed by atoms with van der Waals surface area (Å²) in [5.41, 5.74) is 0.278. The first-order valence-electron chi connectivity index (χ1n) is 14.7. The Balaban J connectivity index is 2.87. The van der Waals surface area contributed by atoms with Crippen LogP contribution in [0.25, 0.3) is 0 Å². The van der Waals surface area contributed by atoms with Crippen LogP contribution < -0.4 is 11.2 Å². The second-order valence-corrected chi connectivity index (χ2v) is 14.9. The lowest BCUT2D eigenvalue weighted by molar-refractivity contribution is 0.615. The summed E-state index contributed by atoms with van der Waals surface area (Å²) >= 11 is 0. The third-order valence-electron chi connectivity index (χ3n) is 7.28. The number of aromatic amines is 2. The van der Waals surface area contributed by atoms with Crippen LogP contribution in [0.15, 0.2) is 15.7 Å². The van der Waals surface area contributed by atoms with E-state index < -0.39 is 7.26 Å². The minimum absolute atomic E-state index is 0.254. The molecule has 5 heteroatoms. The highest BCUT2D eigenvalue weighted by atomic mass is 31.2. The summed E-state index contributed by atoms with van der Waals surface area (Å²) in [4.78, 5) is 29.3. The molecule has 0 fully saturated rings. The molecule has 0 saturated carbocycles. The Bertz CT molecular complexity index is 644. The minimum atomic E-state index is -1.25. The zero-order valence-corrected chi connectivity index (χ0v) is 23.8. The van der Waals surface area contributed by atoms with Crippen molar-refractivity contribution in [2.45, 2.75) is 143 Å². The largest absolute Gasteiger partial charge is 0.326 e. The van der Waals surface area contributed by atoms with Crippen LogP contribution in [-0.4, -0.2) is 28.5 Å². The molecule has 4 nitrogen and oxygen atoms in total. The summed E-state index contributed by atoms with van der Waals surface area (Å²) in [6.45, 7) is 6.83. The van der Waals surface area contributed by atoms with Gasteiger partial charge in [0, 0.05) is 13.3 Å². The molecule has 0 bridgehead atoms. The lowest BCUT2D eigenvalue weighted by Crippen LogP contribution is -2.24. The van der Waals surface area contributed by atoms with E-state index >= 15 is 0 Å². The third kappa shape index (κ3) is 15.2. The minimum Gasteiger partial charge on any atom is -0.308 e. The highest BCUT2D eigenvalue weighted by Crippen LogP contribution is 2.63. The Labute approximate surface area is 210 Å². The van der Waals surface area contributed by atoms with Gasteiger partial charge in [0.25, 0.3) is 5.56 Å². The molecule has 34 heavy (non-hydrogen) atoms. The molecule has 0 saturated heterocycles. The average Bonchev–Trinajstić information content (AvgIpc) is 2.80. The SMILES string of the molecule is CCCCCCCC[P+](CCCCCCCC)(CCCCCCCC)Cc1cc(=O)[nH]c(=O)[nH]1. The standard InChI is InChI=1S/C29H55N2O2P/c1-4-7-10-13-16-19-22-34(23-20-17-14-11-8-5-2,24-21-18-15-12-9-6-3)26-27-25-28(32)31-29(33)30-27/h25H,4-24,26H2,1-3H3,(H-,30,31,32,33)/p+1. The van der Waals surface area contributed by atoms with E-state index in [1.807, 2.05) is 0 Å². The second-order valence-electron chi connectivity index (χ2n) is 10.6. The highest BCUT2D eigenvalue weighted by molar-refractivity contribution is 7.75. The number of aromatic nitrogens is 2. The van der Waals surface area contributed by atoms with Gasteiger partial charge in [0.2, 0.25) is 0 Å². The van der Waals surface area contributed by atoms with Gasteiger partial charge in [0.1, 0.15) is 0 Å². The molecule has 0 aromatic carbocycles. The molecule has 1 aromatic heterocycles. The van der Waals surface area contributed by atoms with Gasteiger partial charge >= 0.3 is 5.69 Å². The van der Waals surface area contributed by atoms with Crippen LogP contribution in [0, 0.1) is 0 Å². The van der Waals surface area contributed by atoms with Crippen LogP contribution in [0.3, 0.4) is 0 Å². The maximum atomic E-state index is 12.0. The predicted octanol–water partition coefficient (Wildman–Crippen LogP) is 8.66. The fourth-order valence-electron chi connectivity index (χ4n) is 5.22. The van der Waals surface area contributed by atoms with Gasteiger partial charge < -0.3 is 4.98 Å². The summed E-state index contributed by atoms with van der Waals surface area (Å²) in [5.74, 6) is 0. The molecular weight excluding hydrogens is 439 g/mol. The van der Waals surface area contributed by atoms with Gasteiger partial charge in [0.15, 0.2) is 0 Å². The zero-order chi connectivity index (χ0) is 24.9. The maximum absolute atomic E-state index is 12.0. The summed E-state index contributed by atoms with van der Waals surface area (Å²) in [7, 11) is -1.25. The molecule has 0 unspecified atom stereocenters. The molecule has 0 aliphatic rings. The van der Waals surface area contributed by atoms with Crippen molar-refractivity contribution in [2.24, 2.45) is 0 Å². The van der Waals surface area contributed by atoms with E-state index in [9.17, 15) is 9.59 Å². The lowest BCUT2D eigenvalue weighted by atomic mass is 10.1. The van der Waals surface area contributed by atoms with Gasteiger partial charge in [-0.1, -0.05) is 97.8 Å². The van der Waals surface area contributed by atoms with Crippen LogP contribution in [0.5, 0.6) is 0 Å². The molecule has 2 N–H and O–H groups in total. The van der Waals surface area contributed by atoms with E-state index in [-0.39, 0.29) is 11.2 Å². The quantitative estimate of drug-likeness (QED) is 0.118. The van der Waals surface area contributed by atoms with E-state index in [1.54, 1.807) is 6.07 Å². The fraction of sp³-hybridized carbons (Fsp3) is 0.862. The molecule has 0 spiro atoms. The first kappa shape index (κ1) is 31.1. The molecule has 198 valence electrons. The van der Waals surface area contributed by atoms with Crippen LogP contribution in [0.2, 0.25) is 0 Å². The van der Waals surface area contributed by atoms with Gasteiger partial charge in [-0.25, -0.2) is 4.79 Å². The molecule has 0 aliphatic carbocycles. The topological polar surface area (TPSA) is 65.7 Å². The molecule has 1 rings (SSSR count). The van der Waals surface area contributed by atoms with Crippen molar-refractivity contribution in [1.29, 1.82) is 0 Å². The fourth-order valence-corrected chi connectivity index (χ4v) is 9.94. The van der Waals surface area contributed by atoms with Gasteiger partial charge in [-0.05, 0) is 38.5 Å². The number of unbranched alkanes of at least 4 members (excludes halogenated alkanes) is 15. The molecule has 0 aliphatic heterocycles. The van der Waals surface area contributed by atoms with Crippen molar-refractivity contribution in [3.05, 3.63) is 32.6 Å². The molecular formula is C29H56N2O2P+. The maximum Gasteiger partial charge on any atom is 0.326 e. The Morgan fingerprint density at radius 3 is 1.32 bits per heavy atom. The number of hydrogen-bond acceptors (Lipinski definition) is 2. The predicted molar refractivity (Wildman–Crippen MR) is 153 cm³/mol. The monoisotopic (exact) mass is 495 g/mol. The Kier molecular flexibility index (Phi) is 18.6. The van der Waals surface area contributed by atoms with E-state index in [4.69, 9.17) is 0 Å². The Morgan fingerprint density at radius 2 is 0.941 bits per heavy atom. The van der Waals surface area contributed by atoms with Gasteiger partial charge in [0.05, 0.1) is 30.3 Å². The van der Waals surface area contributed by atoms with E-state index in [1.165, 1.54) is 134 Å². The molecule has 0 atom stereocenters. The van der Waals surface area contributed by atoms with Crippen LogP contribution >= 0.6 is 7.26 Å². The van der Waals surface area contributed by atoms with Gasteiger partial charge in [-0.2, -0.15) is 0 Å². The molecule has 1 heterocycles. The van der Waals surface area contributed by atoms with Crippen LogP contribution in [-0.2, 0) is 6.16 Å². The van der Waals surface area contributed by atoms with Crippen LogP contribution in [0.4, 0.5) is 0 Å². The van der Waals surface area contributed by atoms with Crippen molar-refractivity contribution < 1.29 is 0 Å². The van der Waals surface area contributed by atoms with E-state index in [2.05, 4.69) is 30.7 Å². The summed E-state index contributed by atoms with van der Waals surface area (Å²) in [5, 5.41) is 0. The highest BCUT2D eigenvalue weighted by Gasteiger charge is 2.36. The zero-order valence-electron chi connectivity index (χ0n) is 22.9. The first-order chi connectivity index (χ1) is 16.5. The number of hydrogen-bond donors (Lipinski definition) is 2. The smallest absolute Gasteiger partial charge is 0.308 e. The molecule has 0 amide bonds. The van der Waals surface area contributed by atoms with Crippen LogP contribution in [0.1, 0.15) is 142 Å². The summed E-state index contributed by atoms with van der Waals surface area (Å²) < 4.78 is 0. The summed E-state index contributed by atoms with van der Waals surface area (Å²) in [6.07, 6.45) is 29.0. The van der Waals surface area contributed by atoms with Crippen molar-refractivity contribution in [1.82, 2.24) is 9.97 Å². The van der Waals surface area contributed by atoms with E-state index in [0.717, 1.165) is 11.9 Å². The first-order valence-corrected chi connectivity index (χ1v) is 17.3. The van der Waals surface area contributed by atoms with Crippen molar-refractivity contribution in [2.75, 3.05) is 18.5 Å². The Hall–Kier alpha value is -0.890. The van der Waals surface area contributed by atoms with Crippen molar-refractivity contribution in [3.63, 3.8) is 0 Å². The van der Waals surface area contributed by atoms with Crippen molar-refractivity contribution >= 4 is 7.26 Å². The Morgan fingerprint density at radius 1 is 0.559 bits per heavy atom. The normalized spacial score (nSPS) is 11.9. The van der Waals surface area contributed by atoms with Crippen molar-refractivity contribution in [3.8, 4) is 0 Å². The van der Waals surface area contributed by atoms with Gasteiger partial charge in [-0.3, -0.25) is 9.78 Å². The molecule has 1 aromatic rings. The number of nitrogens with one attached hydrogen (secondary N) is 2. The van der Waals surface area contributed by atoms with Gasteiger partial charge in [-0.15, -0.1) is 0 Å².